The summed E-state index contributed by atoms with van der Waals surface area (Å²) in [5, 5.41) is 0. The van der Waals surface area contributed by atoms with E-state index in [4.69, 9.17) is 4.74 Å². The standard InChI is InChI=1S/C18H24FNO2/c1-18(2,3)22-17(21)20-12-10-15(11-13-20)5-4-14-6-8-16(19)9-7-14/h4-9,15H,10-13H2,1-3H3/b5-4-. The quantitative estimate of drug-likeness (QED) is 0.806. The van der Waals surface area contributed by atoms with E-state index in [1.807, 2.05) is 26.8 Å². The van der Waals surface area contributed by atoms with E-state index in [2.05, 4.69) is 6.08 Å². The van der Waals surface area contributed by atoms with Gasteiger partial charge in [0.25, 0.3) is 0 Å². The number of piperidine rings is 1. The Morgan fingerprint density at radius 1 is 1.23 bits per heavy atom. The Morgan fingerprint density at radius 3 is 2.36 bits per heavy atom. The third-order valence-electron chi connectivity index (χ3n) is 3.62. The average Bonchev–Trinajstić information content (AvgIpc) is 2.45. The number of benzene rings is 1. The summed E-state index contributed by atoms with van der Waals surface area (Å²) in [5.41, 5.74) is 0.548. The van der Waals surface area contributed by atoms with Crippen LogP contribution >= 0.6 is 0 Å². The van der Waals surface area contributed by atoms with E-state index >= 15 is 0 Å². The van der Waals surface area contributed by atoms with E-state index in [0.717, 1.165) is 18.4 Å². The zero-order valence-corrected chi connectivity index (χ0v) is 13.5. The van der Waals surface area contributed by atoms with Gasteiger partial charge in [-0.25, -0.2) is 9.18 Å². The van der Waals surface area contributed by atoms with Crippen LogP contribution in [0.2, 0.25) is 0 Å². The van der Waals surface area contributed by atoms with Gasteiger partial charge in [0.2, 0.25) is 0 Å². The summed E-state index contributed by atoms with van der Waals surface area (Å²) in [6, 6.07) is 6.46. The Hall–Kier alpha value is -1.84. The van der Waals surface area contributed by atoms with Gasteiger partial charge in [-0.3, -0.25) is 0 Å². The van der Waals surface area contributed by atoms with Crippen LogP contribution in [0.4, 0.5) is 9.18 Å². The number of likely N-dealkylation sites (tertiary alicyclic amines) is 1. The van der Waals surface area contributed by atoms with Gasteiger partial charge in [-0.1, -0.05) is 24.3 Å². The molecule has 0 unspecified atom stereocenters. The van der Waals surface area contributed by atoms with Gasteiger partial charge in [0.05, 0.1) is 0 Å². The predicted molar refractivity (Wildman–Crippen MR) is 86.0 cm³/mol. The molecule has 0 radical (unpaired) electrons. The van der Waals surface area contributed by atoms with Gasteiger partial charge >= 0.3 is 6.09 Å². The summed E-state index contributed by atoms with van der Waals surface area (Å²) >= 11 is 0. The number of nitrogens with zero attached hydrogens (tertiary/aromatic N) is 1. The molecule has 1 aromatic carbocycles. The van der Waals surface area contributed by atoms with Crippen LogP contribution in [0.1, 0.15) is 39.2 Å². The van der Waals surface area contributed by atoms with Crippen LogP contribution in [-0.4, -0.2) is 29.7 Å². The van der Waals surface area contributed by atoms with Gasteiger partial charge in [0.15, 0.2) is 0 Å². The first kappa shape index (κ1) is 16.5. The number of halogens is 1. The summed E-state index contributed by atoms with van der Waals surface area (Å²) in [4.78, 5) is 13.8. The number of hydrogen-bond donors (Lipinski definition) is 0. The zero-order chi connectivity index (χ0) is 16.2. The molecule has 0 N–H and O–H groups in total. The van der Waals surface area contributed by atoms with Crippen molar-refractivity contribution >= 4 is 12.2 Å². The van der Waals surface area contributed by atoms with E-state index in [0.29, 0.717) is 19.0 Å². The molecule has 0 aromatic heterocycles. The molecular formula is C18H24FNO2. The van der Waals surface area contributed by atoms with E-state index in [1.54, 1.807) is 17.0 Å². The molecule has 2 rings (SSSR count). The molecule has 0 saturated carbocycles. The van der Waals surface area contributed by atoms with Gasteiger partial charge in [-0.15, -0.1) is 0 Å². The maximum Gasteiger partial charge on any atom is 0.410 e. The van der Waals surface area contributed by atoms with E-state index in [1.165, 1.54) is 12.1 Å². The van der Waals surface area contributed by atoms with Gasteiger partial charge in [0.1, 0.15) is 11.4 Å². The van der Waals surface area contributed by atoms with Crippen LogP contribution < -0.4 is 0 Å². The molecule has 1 heterocycles. The number of rotatable bonds is 2. The summed E-state index contributed by atoms with van der Waals surface area (Å²) in [5.74, 6) is 0.228. The lowest BCUT2D eigenvalue weighted by Gasteiger charge is -2.32. The second-order valence-electron chi connectivity index (χ2n) is 6.72. The molecule has 22 heavy (non-hydrogen) atoms. The fourth-order valence-corrected chi connectivity index (χ4v) is 2.42. The minimum Gasteiger partial charge on any atom is -0.444 e. The van der Waals surface area contributed by atoms with Crippen LogP contribution in [0.5, 0.6) is 0 Å². The summed E-state index contributed by atoms with van der Waals surface area (Å²) in [6.07, 6.45) is 5.80. The largest absolute Gasteiger partial charge is 0.444 e. The molecule has 1 saturated heterocycles. The Kier molecular flexibility index (Phi) is 5.22. The highest BCUT2D eigenvalue weighted by Crippen LogP contribution is 2.21. The monoisotopic (exact) mass is 305 g/mol. The second-order valence-corrected chi connectivity index (χ2v) is 6.72. The first-order valence-corrected chi connectivity index (χ1v) is 7.75. The van der Waals surface area contributed by atoms with Crippen LogP contribution in [0.15, 0.2) is 30.3 Å². The van der Waals surface area contributed by atoms with Crippen molar-refractivity contribution in [1.82, 2.24) is 4.90 Å². The lowest BCUT2D eigenvalue weighted by molar-refractivity contribution is 0.0197. The number of amides is 1. The molecule has 4 heteroatoms. The molecule has 120 valence electrons. The molecular weight excluding hydrogens is 281 g/mol. The number of allylic oxidation sites excluding steroid dienone is 1. The van der Waals surface area contributed by atoms with Gasteiger partial charge in [-0.2, -0.15) is 0 Å². The molecule has 3 nitrogen and oxygen atoms in total. The van der Waals surface area contributed by atoms with Crippen molar-refractivity contribution in [3.63, 3.8) is 0 Å². The molecule has 1 aliphatic rings. The Morgan fingerprint density at radius 2 is 1.82 bits per heavy atom. The Labute approximate surface area is 131 Å². The zero-order valence-electron chi connectivity index (χ0n) is 13.5. The SMILES string of the molecule is CC(C)(C)OC(=O)N1CCC(/C=C\c2ccc(F)cc2)CC1. The van der Waals surface area contributed by atoms with Crippen LogP contribution in [-0.2, 0) is 4.74 Å². The molecule has 0 bridgehead atoms. The van der Waals surface area contributed by atoms with Crippen molar-refractivity contribution in [3.8, 4) is 0 Å². The first-order valence-electron chi connectivity index (χ1n) is 7.75. The Bertz CT molecular complexity index is 523. The normalized spacial score (nSPS) is 17.0. The molecule has 1 aliphatic heterocycles. The maximum absolute atomic E-state index is 12.8. The summed E-state index contributed by atoms with van der Waals surface area (Å²) in [6.45, 7) is 7.07. The topological polar surface area (TPSA) is 29.5 Å². The third kappa shape index (κ3) is 5.17. The van der Waals surface area contributed by atoms with Gasteiger partial charge < -0.3 is 9.64 Å². The molecule has 1 aromatic rings. The van der Waals surface area contributed by atoms with Crippen molar-refractivity contribution in [2.75, 3.05) is 13.1 Å². The van der Waals surface area contributed by atoms with Crippen molar-refractivity contribution in [3.05, 3.63) is 41.7 Å². The number of carbonyl (C=O) groups is 1. The number of carbonyl (C=O) groups excluding carboxylic acids is 1. The highest BCUT2D eigenvalue weighted by atomic mass is 19.1. The lowest BCUT2D eigenvalue weighted by Crippen LogP contribution is -2.41. The summed E-state index contributed by atoms with van der Waals surface area (Å²) in [7, 11) is 0. The molecule has 0 atom stereocenters. The maximum atomic E-state index is 12.8. The smallest absolute Gasteiger partial charge is 0.410 e. The summed E-state index contributed by atoms with van der Waals surface area (Å²) < 4.78 is 18.2. The third-order valence-corrected chi connectivity index (χ3v) is 3.62. The predicted octanol–water partition coefficient (Wildman–Crippen LogP) is 4.49. The number of ether oxygens (including phenoxy) is 1. The van der Waals surface area contributed by atoms with Gasteiger partial charge in [-0.05, 0) is 57.2 Å². The van der Waals surface area contributed by atoms with Crippen molar-refractivity contribution < 1.29 is 13.9 Å². The lowest BCUT2D eigenvalue weighted by atomic mass is 9.96. The fraction of sp³-hybridized carbons (Fsp3) is 0.500. The second kappa shape index (κ2) is 6.95. The highest BCUT2D eigenvalue weighted by Gasteiger charge is 2.25. The Balaban J connectivity index is 1.82. The average molecular weight is 305 g/mol. The molecule has 0 aliphatic carbocycles. The highest BCUT2D eigenvalue weighted by molar-refractivity contribution is 5.68. The van der Waals surface area contributed by atoms with Crippen molar-refractivity contribution in [1.29, 1.82) is 0 Å². The minimum atomic E-state index is -0.448. The van der Waals surface area contributed by atoms with Crippen LogP contribution in [0.25, 0.3) is 6.08 Å². The van der Waals surface area contributed by atoms with Gasteiger partial charge in [0, 0.05) is 13.1 Å². The first-order chi connectivity index (χ1) is 10.3. The minimum absolute atomic E-state index is 0.220. The van der Waals surface area contributed by atoms with Crippen LogP contribution in [0, 0.1) is 11.7 Å². The van der Waals surface area contributed by atoms with Crippen molar-refractivity contribution in [2.45, 2.75) is 39.2 Å². The fourth-order valence-electron chi connectivity index (χ4n) is 2.42. The van der Waals surface area contributed by atoms with E-state index in [-0.39, 0.29) is 11.9 Å². The molecule has 0 spiro atoms. The van der Waals surface area contributed by atoms with Crippen LogP contribution in [0.3, 0.4) is 0 Å². The van der Waals surface area contributed by atoms with Crippen molar-refractivity contribution in [2.24, 2.45) is 5.92 Å². The van der Waals surface area contributed by atoms with E-state index in [9.17, 15) is 9.18 Å². The number of hydrogen-bond acceptors (Lipinski definition) is 2. The van der Waals surface area contributed by atoms with E-state index < -0.39 is 5.60 Å². The molecule has 1 fully saturated rings. The molecule has 1 amide bonds.